The van der Waals surface area contributed by atoms with Gasteiger partial charge in [0.25, 0.3) is 0 Å². The van der Waals surface area contributed by atoms with Crippen molar-refractivity contribution in [2.24, 2.45) is 11.8 Å². The molecule has 4 nitrogen and oxygen atoms in total. The van der Waals surface area contributed by atoms with Crippen LogP contribution >= 0.6 is 0 Å². The number of aliphatic carboxylic acids is 1. The third-order valence-electron chi connectivity index (χ3n) is 3.93. The summed E-state index contributed by atoms with van der Waals surface area (Å²) in [5.41, 5.74) is 1.08. The molecule has 0 bridgehead atoms. The summed E-state index contributed by atoms with van der Waals surface area (Å²) < 4.78 is 0. The van der Waals surface area contributed by atoms with E-state index in [9.17, 15) is 9.59 Å². The van der Waals surface area contributed by atoms with Crippen molar-refractivity contribution in [3.05, 3.63) is 35.9 Å². The van der Waals surface area contributed by atoms with Crippen LogP contribution in [0, 0.1) is 11.8 Å². The second kappa shape index (κ2) is 6.55. The zero-order valence-corrected chi connectivity index (χ0v) is 11.8. The smallest absolute Gasteiger partial charge is 0.307 e. The number of nitrogens with zero attached hydrogens (tertiary/aromatic N) is 1. The third-order valence-corrected chi connectivity index (χ3v) is 3.93. The zero-order chi connectivity index (χ0) is 14.5. The van der Waals surface area contributed by atoms with Gasteiger partial charge in [-0.1, -0.05) is 37.3 Å². The van der Waals surface area contributed by atoms with Gasteiger partial charge in [0, 0.05) is 13.1 Å². The number of carboxylic acid groups (broad SMARTS) is 1. The van der Waals surface area contributed by atoms with E-state index >= 15 is 0 Å². The topological polar surface area (TPSA) is 57.6 Å². The predicted molar refractivity (Wildman–Crippen MR) is 76.0 cm³/mol. The minimum atomic E-state index is -0.842. The second-order valence-corrected chi connectivity index (χ2v) is 5.37. The molecule has 108 valence electrons. The molecule has 20 heavy (non-hydrogen) atoms. The van der Waals surface area contributed by atoms with Crippen LogP contribution in [0.1, 0.15) is 31.7 Å². The van der Waals surface area contributed by atoms with Crippen molar-refractivity contribution in [2.45, 2.75) is 32.7 Å². The van der Waals surface area contributed by atoms with Crippen LogP contribution in [0.25, 0.3) is 0 Å². The molecule has 1 amide bonds. The van der Waals surface area contributed by atoms with Gasteiger partial charge in [0.1, 0.15) is 0 Å². The van der Waals surface area contributed by atoms with Gasteiger partial charge in [0.2, 0.25) is 5.91 Å². The van der Waals surface area contributed by atoms with Gasteiger partial charge in [-0.25, -0.2) is 0 Å². The van der Waals surface area contributed by atoms with E-state index in [0.717, 1.165) is 12.0 Å². The van der Waals surface area contributed by atoms with Crippen LogP contribution in [0.5, 0.6) is 0 Å². The molecule has 1 aromatic carbocycles. The second-order valence-electron chi connectivity index (χ2n) is 5.37. The quantitative estimate of drug-likeness (QED) is 0.868. The average Bonchev–Trinajstić information content (AvgIpc) is 2.37. The average molecular weight is 275 g/mol. The highest BCUT2D eigenvalue weighted by molar-refractivity contribution is 5.86. The van der Waals surface area contributed by atoms with Crippen LogP contribution in [-0.2, 0) is 16.1 Å². The van der Waals surface area contributed by atoms with Crippen LogP contribution in [0.3, 0.4) is 0 Å². The first-order valence-electron chi connectivity index (χ1n) is 7.19. The molecule has 1 aromatic rings. The van der Waals surface area contributed by atoms with E-state index in [-0.39, 0.29) is 11.8 Å². The number of amides is 1. The van der Waals surface area contributed by atoms with E-state index < -0.39 is 11.9 Å². The summed E-state index contributed by atoms with van der Waals surface area (Å²) in [4.78, 5) is 25.4. The highest BCUT2D eigenvalue weighted by Crippen LogP contribution is 2.36. The Morgan fingerprint density at radius 1 is 1.20 bits per heavy atom. The van der Waals surface area contributed by atoms with E-state index in [0.29, 0.717) is 25.9 Å². The van der Waals surface area contributed by atoms with Gasteiger partial charge in [0.15, 0.2) is 0 Å². The van der Waals surface area contributed by atoms with E-state index in [4.69, 9.17) is 5.11 Å². The highest BCUT2D eigenvalue weighted by atomic mass is 16.4. The number of hydrogen-bond donors (Lipinski definition) is 1. The number of carboxylic acids is 1. The van der Waals surface area contributed by atoms with Gasteiger partial charge in [-0.3, -0.25) is 9.59 Å². The fourth-order valence-electron chi connectivity index (χ4n) is 2.67. The summed E-state index contributed by atoms with van der Waals surface area (Å²) >= 11 is 0. The third kappa shape index (κ3) is 3.18. The monoisotopic (exact) mass is 275 g/mol. The van der Waals surface area contributed by atoms with Crippen molar-refractivity contribution in [1.82, 2.24) is 4.90 Å². The van der Waals surface area contributed by atoms with Gasteiger partial charge in [0.05, 0.1) is 11.8 Å². The fraction of sp³-hybridized carbons (Fsp3) is 0.500. The standard InChI is InChI=1S/C16H21NO3/c1-2-10-17(11-12-6-4-3-5-7-12)15(18)13-8-9-14(13)16(19)20/h3-7,13-14H,2,8-11H2,1H3,(H,19,20). The molecule has 1 N–H and O–H groups in total. The molecular weight excluding hydrogens is 254 g/mol. The zero-order valence-electron chi connectivity index (χ0n) is 11.8. The SMILES string of the molecule is CCCN(Cc1ccccc1)C(=O)C1CCC1C(=O)O. The normalized spacial score (nSPS) is 21.1. The molecule has 1 aliphatic carbocycles. The van der Waals surface area contributed by atoms with Gasteiger partial charge in [-0.2, -0.15) is 0 Å². The fourth-order valence-corrected chi connectivity index (χ4v) is 2.67. The summed E-state index contributed by atoms with van der Waals surface area (Å²) in [5.74, 6) is -1.67. The lowest BCUT2D eigenvalue weighted by Gasteiger charge is -2.36. The van der Waals surface area contributed by atoms with Crippen molar-refractivity contribution in [2.75, 3.05) is 6.54 Å². The Bertz CT molecular complexity index is 472. The van der Waals surface area contributed by atoms with E-state index in [2.05, 4.69) is 0 Å². The number of carbonyl (C=O) groups excluding carboxylic acids is 1. The van der Waals surface area contributed by atoms with Crippen LogP contribution in [0.2, 0.25) is 0 Å². The molecule has 0 heterocycles. The minimum Gasteiger partial charge on any atom is -0.481 e. The van der Waals surface area contributed by atoms with Crippen molar-refractivity contribution in [3.8, 4) is 0 Å². The Labute approximate surface area is 119 Å². The Balaban J connectivity index is 2.04. The van der Waals surface area contributed by atoms with Crippen LogP contribution in [0.15, 0.2) is 30.3 Å². The first kappa shape index (κ1) is 14.6. The Morgan fingerprint density at radius 3 is 2.35 bits per heavy atom. The van der Waals surface area contributed by atoms with Crippen molar-refractivity contribution >= 4 is 11.9 Å². The Morgan fingerprint density at radius 2 is 1.85 bits per heavy atom. The molecular formula is C16H21NO3. The van der Waals surface area contributed by atoms with Crippen molar-refractivity contribution in [1.29, 1.82) is 0 Å². The molecule has 0 saturated heterocycles. The summed E-state index contributed by atoms with van der Waals surface area (Å²) in [6.45, 7) is 3.27. The molecule has 0 radical (unpaired) electrons. The Kier molecular flexibility index (Phi) is 4.77. The maximum Gasteiger partial charge on any atom is 0.307 e. The number of benzene rings is 1. The molecule has 2 unspecified atom stereocenters. The lowest BCUT2D eigenvalue weighted by atomic mass is 9.73. The molecule has 1 saturated carbocycles. The van der Waals surface area contributed by atoms with Crippen molar-refractivity contribution < 1.29 is 14.7 Å². The first-order valence-corrected chi connectivity index (χ1v) is 7.19. The molecule has 2 rings (SSSR count). The van der Waals surface area contributed by atoms with Gasteiger partial charge in [-0.05, 0) is 24.8 Å². The molecule has 1 aliphatic rings. The lowest BCUT2D eigenvalue weighted by molar-refractivity contribution is -0.156. The number of hydrogen-bond acceptors (Lipinski definition) is 2. The first-order chi connectivity index (χ1) is 9.63. The van der Waals surface area contributed by atoms with Crippen molar-refractivity contribution in [3.63, 3.8) is 0 Å². The molecule has 0 aliphatic heterocycles. The minimum absolute atomic E-state index is 0.00523. The number of carbonyl (C=O) groups is 2. The summed E-state index contributed by atoms with van der Waals surface area (Å²) in [5, 5.41) is 9.08. The van der Waals surface area contributed by atoms with E-state index in [1.807, 2.05) is 37.3 Å². The molecule has 0 aromatic heterocycles. The maximum absolute atomic E-state index is 12.5. The molecule has 4 heteroatoms. The van der Waals surface area contributed by atoms with Crippen LogP contribution < -0.4 is 0 Å². The lowest BCUT2D eigenvalue weighted by Crippen LogP contribution is -2.46. The molecule has 1 fully saturated rings. The summed E-state index contributed by atoms with van der Waals surface area (Å²) in [7, 11) is 0. The van der Waals surface area contributed by atoms with Gasteiger partial charge >= 0.3 is 5.97 Å². The van der Waals surface area contributed by atoms with Gasteiger partial charge in [-0.15, -0.1) is 0 Å². The van der Waals surface area contributed by atoms with E-state index in [1.165, 1.54) is 0 Å². The highest BCUT2D eigenvalue weighted by Gasteiger charge is 2.42. The largest absolute Gasteiger partial charge is 0.481 e. The van der Waals surface area contributed by atoms with Gasteiger partial charge < -0.3 is 10.0 Å². The molecule has 2 atom stereocenters. The number of rotatable bonds is 6. The van der Waals surface area contributed by atoms with Crippen LogP contribution in [-0.4, -0.2) is 28.4 Å². The predicted octanol–water partition coefficient (Wildman–Crippen LogP) is 2.54. The maximum atomic E-state index is 12.5. The van der Waals surface area contributed by atoms with Crippen LogP contribution in [0.4, 0.5) is 0 Å². The molecule has 0 spiro atoms. The summed E-state index contributed by atoms with van der Waals surface area (Å²) in [6.07, 6.45) is 2.20. The summed E-state index contributed by atoms with van der Waals surface area (Å²) in [6, 6.07) is 9.83. The van der Waals surface area contributed by atoms with E-state index in [1.54, 1.807) is 4.90 Å². The Hall–Kier alpha value is -1.84.